The lowest BCUT2D eigenvalue weighted by Crippen LogP contribution is -2.60. The predicted octanol–water partition coefficient (Wildman–Crippen LogP) is 0.978. The number of benzene rings is 2. The molecule has 2 aromatic rings. The third kappa shape index (κ3) is 5.64. The Labute approximate surface area is 237 Å². The van der Waals surface area contributed by atoms with Gasteiger partial charge in [0.05, 0.1) is 21.5 Å². The summed E-state index contributed by atoms with van der Waals surface area (Å²) in [7, 11) is -1.66. The van der Waals surface area contributed by atoms with Crippen LogP contribution in [0.5, 0.6) is 11.5 Å². The van der Waals surface area contributed by atoms with Crippen LogP contribution in [0.1, 0.15) is 34.5 Å². The van der Waals surface area contributed by atoms with E-state index in [9.17, 15) is 39.2 Å². The van der Waals surface area contributed by atoms with Gasteiger partial charge in [-0.3, -0.25) is 19.3 Å². The smallest absolute Gasteiger partial charge is 0.534 e. The number of likely N-dealkylation sites (N-methyl/N-ethyl adjacent to an activating group) is 1. The van der Waals surface area contributed by atoms with Crippen LogP contribution in [0.25, 0.3) is 0 Å². The highest BCUT2D eigenvalue weighted by Gasteiger charge is 2.41. The van der Waals surface area contributed by atoms with Gasteiger partial charge in [-0.2, -0.15) is 0 Å². The lowest BCUT2D eigenvalue weighted by molar-refractivity contribution is -0.153. The summed E-state index contributed by atoms with van der Waals surface area (Å²) in [6, 6.07) is 3.90. The zero-order chi connectivity index (χ0) is 29.3. The number of nitrogens with zero attached hydrogens (tertiary/aromatic N) is 2. The number of nitrogens with one attached hydrogen (secondary N) is 2. The van der Waals surface area contributed by atoms with Gasteiger partial charge in [0.1, 0.15) is 17.5 Å². The van der Waals surface area contributed by atoms with Crippen molar-refractivity contribution in [1.82, 2.24) is 20.4 Å². The number of hydrogen-bond donors (Lipinski definition) is 5. The first-order valence-corrected chi connectivity index (χ1v) is 12.8. The van der Waals surface area contributed by atoms with E-state index < -0.39 is 48.8 Å². The maximum absolute atomic E-state index is 13.5. The maximum atomic E-state index is 13.5. The number of carbonyl (C=O) groups is 5. The van der Waals surface area contributed by atoms with E-state index in [1.165, 1.54) is 17.0 Å². The average Bonchev–Trinajstić information content (AvgIpc) is 2.90. The van der Waals surface area contributed by atoms with Crippen molar-refractivity contribution in [1.29, 1.82) is 0 Å². The largest absolute Gasteiger partial charge is 0.547 e. The normalized spacial score (nSPS) is 17.6. The third-order valence-electron chi connectivity index (χ3n) is 6.52. The Morgan fingerprint density at radius 3 is 2.55 bits per heavy atom. The lowest BCUT2D eigenvalue weighted by atomic mass is 9.72. The SMILES string of the molecule is CCN1CCN(C(=O)N[C@H](C(=O)N[C@H]2Cc3cccc(C(=O)O)c3OB2O)c2cc(Cl)c(O)cc2Cl)C(=O)C1=O. The van der Waals surface area contributed by atoms with E-state index in [4.69, 9.17) is 27.9 Å². The number of fused-ring (bicyclic) bond motifs is 1. The second-order valence-electron chi connectivity index (χ2n) is 8.98. The standard InChI is InChI=1S/C24H23BCl2N4O9/c1-2-30-6-7-31(22(35)21(30)34)24(38)29-18(13-9-15(27)16(32)10-14(13)26)20(33)28-17-8-11-4-3-5-12(23(36)37)19(11)40-25(17)39/h3-5,9-10,17-18,32,39H,2,6-8H2,1H3,(H,28,33)(H,29,38)(H,36,37)/t17-,18-/m0/s1. The van der Waals surface area contributed by atoms with Gasteiger partial charge < -0.3 is 35.4 Å². The van der Waals surface area contributed by atoms with Gasteiger partial charge in [0.25, 0.3) is 0 Å². The molecule has 0 saturated carbocycles. The number of halogens is 2. The monoisotopic (exact) mass is 592 g/mol. The Morgan fingerprint density at radius 1 is 1.15 bits per heavy atom. The molecule has 2 aromatic carbocycles. The summed E-state index contributed by atoms with van der Waals surface area (Å²) in [5, 5.41) is 34.4. The molecule has 2 aliphatic heterocycles. The zero-order valence-corrected chi connectivity index (χ0v) is 22.4. The first-order valence-electron chi connectivity index (χ1n) is 12.0. The van der Waals surface area contributed by atoms with Crippen molar-refractivity contribution in [2.75, 3.05) is 19.6 Å². The zero-order valence-electron chi connectivity index (χ0n) is 20.9. The molecular formula is C24H23BCl2N4O9. The number of para-hydroxylation sites is 1. The molecule has 2 atom stereocenters. The number of imide groups is 1. The highest BCUT2D eigenvalue weighted by Crippen LogP contribution is 2.34. The molecule has 0 aliphatic carbocycles. The number of piperazine rings is 1. The molecule has 2 aliphatic rings. The van der Waals surface area contributed by atoms with E-state index in [2.05, 4.69) is 10.6 Å². The highest BCUT2D eigenvalue weighted by atomic mass is 35.5. The van der Waals surface area contributed by atoms with Gasteiger partial charge in [-0.1, -0.05) is 35.3 Å². The van der Waals surface area contributed by atoms with E-state index in [-0.39, 0.29) is 58.7 Å². The van der Waals surface area contributed by atoms with E-state index in [1.807, 2.05) is 0 Å². The number of carboxylic acids is 1. The number of phenols is 1. The molecule has 40 heavy (non-hydrogen) atoms. The quantitative estimate of drug-likeness (QED) is 0.241. The Kier molecular flexibility index (Phi) is 8.42. The molecule has 0 aromatic heterocycles. The summed E-state index contributed by atoms with van der Waals surface area (Å²) in [6.45, 7) is 1.93. The number of aromatic hydroxyl groups is 1. The van der Waals surface area contributed by atoms with Crippen LogP contribution in [0, 0.1) is 0 Å². The van der Waals surface area contributed by atoms with E-state index in [0.717, 1.165) is 12.1 Å². The summed E-state index contributed by atoms with van der Waals surface area (Å²) < 4.78 is 5.40. The fourth-order valence-corrected chi connectivity index (χ4v) is 4.85. The minimum atomic E-state index is -1.66. The second kappa shape index (κ2) is 11.6. The molecule has 0 radical (unpaired) electrons. The number of carbonyl (C=O) groups excluding carboxylic acids is 4. The minimum Gasteiger partial charge on any atom is -0.534 e. The molecule has 5 amide bonds. The van der Waals surface area contributed by atoms with Gasteiger partial charge in [-0.25, -0.2) is 9.59 Å². The van der Waals surface area contributed by atoms with Crippen LogP contribution in [0.3, 0.4) is 0 Å². The van der Waals surface area contributed by atoms with Crippen molar-refractivity contribution in [3.8, 4) is 11.5 Å². The predicted molar refractivity (Wildman–Crippen MR) is 141 cm³/mol. The van der Waals surface area contributed by atoms with Crippen molar-refractivity contribution < 1.29 is 43.9 Å². The van der Waals surface area contributed by atoms with Gasteiger partial charge in [0.2, 0.25) is 5.91 Å². The summed E-state index contributed by atoms with van der Waals surface area (Å²) in [5.74, 6) is -5.65. The molecule has 2 heterocycles. The highest BCUT2D eigenvalue weighted by molar-refractivity contribution is 6.47. The first-order chi connectivity index (χ1) is 18.9. The van der Waals surface area contributed by atoms with Crippen molar-refractivity contribution in [3.63, 3.8) is 0 Å². The van der Waals surface area contributed by atoms with Crippen LogP contribution in [0.15, 0.2) is 30.3 Å². The van der Waals surface area contributed by atoms with E-state index >= 15 is 0 Å². The Morgan fingerprint density at radius 2 is 1.88 bits per heavy atom. The van der Waals surface area contributed by atoms with E-state index in [0.29, 0.717) is 10.5 Å². The second-order valence-corrected chi connectivity index (χ2v) is 9.79. The number of hydrogen-bond acceptors (Lipinski definition) is 8. The minimum absolute atomic E-state index is 0.0277. The summed E-state index contributed by atoms with van der Waals surface area (Å²) in [6.07, 6.45) is -0.0277. The van der Waals surface area contributed by atoms with Crippen molar-refractivity contribution in [2.45, 2.75) is 25.3 Å². The maximum Gasteiger partial charge on any atom is 0.547 e. The molecule has 1 fully saturated rings. The number of amides is 5. The number of rotatable bonds is 6. The molecular weight excluding hydrogens is 570 g/mol. The van der Waals surface area contributed by atoms with Gasteiger partial charge in [0, 0.05) is 31.3 Å². The number of urea groups is 1. The number of carboxylic acid groups (broad SMARTS) is 1. The molecule has 5 N–H and O–H groups in total. The lowest BCUT2D eigenvalue weighted by Gasteiger charge is -2.33. The third-order valence-corrected chi connectivity index (χ3v) is 7.15. The molecule has 16 heteroatoms. The topological polar surface area (TPSA) is 186 Å². The summed E-state index contributed by atoms with van der Waals surface area (Å²) >= 11 is 12.3. The molecule has 4 rings (SSSR count). The van der Waals surface area contributed by atoms with Crippen LogP contribution in [0.2, 0.25) is 10.0 Å². The van der Waals surface area contributed by atoms with Crippen LogP contribution in [-0.2, 0) is 20.8 Å². The molecule has 1 saturated heterocycles. The van der Waals surface area contributed by atoms with E-state index in [1.54, 1.807) is 13.0 Å². The summed E-state index contributed by atoms with van der Waals surface area (Å²) in [5.41, 5.74) is 0.181. The summed E-state index contributed by atoms with van der Waals surface area (Å²) in [4.78, 5) is 64.9. The van der Waals surface area contributed by atoms with Gasteiger partial charge in [0.15, 0.2) is 0 Å². The average molecular weight is 593 g/mol. The fraction of sp³-hybridized carbons (Fsp3) is 0.292. The molecule has 0 unspecified atom stereocenters. The van der Waals surface area contributed by atoms with Crippen LogP contribution >= 0.6 is 23.2 Å². The van der Waals surface area contributed by atoms with Crippen molar-refractivity contribution >= 4 is 60.0 Å². The number of phenolic OH excluding ortho intramolecular Hbond substituents is 1. The van der Waals surface area contributed by atoms with Gasteiger partial charge in [-0.05, 0) is 31.0 Å². The molecule has 13 nitrogen and oxygen atoms in total. The Hall–Kier alpha value is -4.01. The van der Waals surface area contributed by atoms with Crippen LogP contribution < -0.4 is 15.3 Å². The van der Waals surface area contributed by atoms with Crippen molar-refractivity contribution in [3.05, 3.63) is 57.1 Å². The number of aromatic carboxylic acids is 1. The Bertz CT molecular complexity index is 1410. The molecule has 0 bridgehead atoms. The van der Waals surface area contributed by atoms with Gasteiger partial charge in [-0.15, -0.1) is 0 Å². The fourth-order valence-electron chi connectivity index (χ4n) is 4.41. The molecule has 210 valence electrons. The van der Waals surface area contributed by atoms with Crippen LogP contribution in [-0.4, -0.2) is 87.5 Å². The Balaban J connectivity index is 1.61. The molecule has 0 spiro atoms. The van der Waals surface area contributed by atoms with Gasteiger partial charge >= 0.3 is 30.9 Å². The van der Waals surface area contributed by atoms with Crippen molar-refractivity contribution in [2.24, 2.45) is 0 Å². The van der Waals surface area contributed by atoms with Crippen LogP contribution in [0.4, 0.5) is 4.79 Å². The first kappa shape index (κ1) is 29.0.